The molecule has 32 heavy (non-hydrogen) atoms. The van der Waals surface area contributed by atoms with Crippen LogP contribution in [0.25, 0.3) is 15.9 Å². The zero-order valence-corrected chi connectivity index (χ0v) is 18.2. The normalized spacial score (nSPS) is 13.9. The molecule has 162 valence electrons. The zero-order chi connectivity index (χ0) is 22.2. The first kappa shape index (κ1) is 20.4. The van der Waals surface area contributed by atoms with Crippen molar-refractivity contribution in [3.8, 4) is 5.69 Å². The Morgan fingerprint density at radius 3 is 2.38 bits per heavy atom. The maximum absolute atomic E-state index is 13.5. The van der Waals surface area contributed by atoms with E-state index in [0.29, 0.717) is 28.9 Å². The Kier molecular flexibility index (Phi) is 5.24. The maximum atomic E-state index is 13.5. The average Bonchev–Trinajstić information content (AvgIpc) is 3.17. The zero-order valence-electron chi connectivity index (χ0n) is 17.4. The van der Waals surface area contributed by atoms with E-state index >= 15 is 0 Å². The highest BCUT2D eigenvalue weighted by molar-refractivity contribution is 7.18. The molecule has 2 N–H and O–H groups in total. The number of para-hydroxylation sites is 1. The van der Waals surface area contributed by atoms with Gasteiger partial charge in [0.25, 0.3) is 5.56 Å². The smallest absolute Gasteiger partial charge is 0.337 e. The van der Waals surface area contributed by atoms with E-state index in [9.17, 15) is 14.4 Å². The van der Waals surface area contributed by atoms with E-state index in [1.165, 1.54) is 21.5 Å². The molecule has 5 rings (SSSR count). The maximum Gasteiger partial charge on any atom is 0.337 e. The lowest BCUT2D eigenvalue weighted by Crippen LogP contribution is -2.41. The summed E-state index contributed by atoms with van der Waals surface area (Å²) in [5.74, 6) is -0.622. The third-order valence-electron chi connectivity index (χ3n) is 5.78. The molecule has 0 spiro atoms. The molecule has 1 amide bonds. The molecule has 1 aliphatic heterocycles. The number of nitrogens with zero attached hydrogens (tertiary/aromatic N) is 3. The number of fused-ring (bicyclic) bond motifs is 3. The SMILES string of the molecule is NC(=O)Cn1c(=O)n(-c2ccccc2)c(=O)c2c3c(sc21)CN(Cc1ccccc1)CC3. The van der Waals surface area contributed by atoms with Gasteiger partial charge in [-0.25, -0.2) is 9.36 Å². The first-order valence-corrected chi connectivity index (χ1v) is 11.2. The van der Waals surface area contributed by atoms with Crippen LogP contribution in [0.5, 0.6) is 0 Å². The Hall–Kier alpha value is -3.49. The fourth-order valence-corrected chi connectivity index (χ4v) is 5.71. The standard InChI is InChI=1S/C24H22N4O3S/c25-20(29)15-27-23-21(22(30)28(24(27)31)17-9-5-2-6-10-17)18-11-12-26(14-19(18)32-23)13-16-7-3-1-4-8-16/h1-10H,11-15H2,(H2,25,29). The molecule has 2 aromatic heterocycles. The number of thiophene rings is 1. The second kappa shape index (κ2) is 8.22. The quantitative estimate of drug-likeness (QED) is 0.509. The minimum absolute atomic E-state index is 0.268. The summed E-state index contributed by atoms with van der Waals surface area (Å²) in [6.45, 7) is 2.05. The predicted octanol–water partition coefficient (Wildman–Crippen LogP) is 2.26. The van der Waals surface area contributed by atoms with E-state index in [2.05, 4.69) is 17.0 Å². The number of carbonyl (C=O) groups is 1. The first-order chi connectivity index (χ1) is 15.5. The topological polar surface area (TPSA) is 90.3 Å². The number of primary amides is 1. The molecule has 0 bridgehead atoms. The summed E-state index contributed by atoms with van der Waals surface area (Å²) in [4.78, 5) is 42.5. The Bertz CT molecular complexity index is 1420. The third-order valence-corrected chi connectivity index (χ3v) is 7.02. The highest BCUT2D eigenvalue weighted by atomic mass is 32.1. The van der Waals surface area contributed by atoms with Gasteiger partial charge in [0.1, 0.15) is 11.4 Å². The molecule has 3 heterocycles. The van der Waals surface area contributed by atoms with Gasteiger partial charge in [-0.3, -0.25) is 19.1 Å². The van der Waals surface area contributed by atoms with Crippen LogP contribution in [0.3, 0.4) is 0 Å². The van der Waals surface area contributed by atoms with Crippen LogP contribution in [0.2, 0.25) is 0 Å². The highest BCUT2D eigenvalue weighted by Gasteiger charge is 2.27. The Morgan fingerprint density at radius 1 is 1.00 bits per heavy atom. The van der Waals surface area contributed by atoms with Crippen LogP contribution in [-0.4, -0.2) is 26.5 Å². The molecule has 0 fully saturated rings. The van der Waals surface area contributed by atoms with Crippen molar-refractivity contribution < 1.29 is 4.79 Å². The van der Waals surface area contributed by atoms with E-state index in [4.69, 9.17) is 5.73 Å². The number of hydrogen-bond acceptors (Lipinski definition) is 5. The number of nitrogens with two attached hydrogens (primary N) is 1. The van der Waals surface area contributed by atoms with Crippen LogP contribution >= 0.6 is 11.3 Å². The van der Waals surface area contributed by atoms with Gasteiger partial charge in [-0.1, -0.05) is 48.5 Å². The van der Waals surface area contributed by atoms with E-state index < -0.39 is 11.6 Å². The molecule has 4 aromatic rings. The number of amides is 1. The molecular formula is C24H22N4O3S. The molecule has 0 saturated heterocycles. The molecule has 0 radical (unpaired) electrons. The first-order valence-electron chi connectivity index (χ1n) is 10.4. The van der Waals surface area contributed by atoms with Crippen LogP contribution < -0.4 is 17.0 Å². The Balaban J connectivity index is 1.66. The van der Waals surface area contributed by atoms with Crippen molar-refractivity contribution in [2.24, 2.45) is 5.73 Å². The van der Waals surface area contributed by atoms with Gasteiger partial charge in [-0.15, -0.1) is 11.3 Å². The Morgan fingerprint density at radius 2 is 1.69 bits per heavy atom. The largest absolute Gasteiger partial charge is 0.368 e. The van der Waals surface area contributed by atoms with Gasteiger partial charge in [0, 0.05) is 24.5 Å². The van der Waals surface area contributed by atoms with Gasteiger partial charge in [0.15, 0.2) is 0 Å². The number of hydrogen-bond donors (Lipinski definition) is 1. The monoisotopic (exact) mass is 446 g/mol. The van der Waals surface area contributed by atoms with E-state index in [1.54, 1.807) is 24.3 Å². The van der Waals surface area contributed by atoms with Crippen molar-refractivity contribution in [2.45, 2.75) is 26.1 Å². The Labute approximate surface area is 187 Å². The van der Waals surface area contributed by atoms with Crippen LogP contribution in [0, 0.1) is 0 Å². The predicted molar refractivity (Wildman–Crippen MR) is 125 cm³/mol. The lowest BCUT2D eigenvalue weighted by Gasteiger charge is -2.26. The van der Waals surface area contributed by atoms with Crippen LogP contribution in [0.15, 0.2) is 70.3 Å². The summed E-state index contributed by atoms with van der Waals surface area (Å²) in [7, 11) is 0. The fraction of sp³-hybridized carbons (Fsp3) is 0.208. The average molecular weight is 447 g/mol. The molecule has 0 aliphatic carbocycles. The summed E-state index contributed by atoms with van der Waals surface area (Å²) in [5.41, 5.74) is 7.24. The van der Waals surface area contributed by atoms with E-state index in [-0.39, 0.29) is 12.1 Å². The summed E-state index contributed by atoms with van der Waals surface area (Å²) >= 11 is 1.42. The van der Waals surface area contributed by atoms with Crippen molar-refractivity contribution in [2.75, 3.05) is 6.54 Å². The van der Waals surface area contributed by atoms with Gasteiger partial charge >= 0.3 is 5.69 Å². The summed E-state index contributed by atoms with van der Waals surface area (Å²) < 4.78 is 2.49. The molecular weight excluding hydrogens is 424 g/mol. The van der Waals surface area contributed by atoms with Crippen molar-refractivity contribution in [1.82, 2.24) is 14.0 Å². The van der Waals surface area contributed by atoms with Crippen molar-refractivity contribution >= 4 is 27.5 Å². The minimum atomic E-state index is -0.622. The number of rotatable bonds is 5. The second-order valence-corrected chi connectivity index (χ2v) is 9.02. The van der Waals surface area contributed by atoms with Gasteiger partial charge in [0.2, 0.25) is 5.91 Å². The molecule has 2 aromatic carbocycles. The molecule has 8 heteroatoms. The number of aromatic nitrogens is 2. The third kappa shape index (κ3) is 3.57. The van der Waals surface area contributed by atoms with Crippen LogP contribution in [0.1, 0.15) is 16.0 Å². The summed E-state index contributed by atoms with van der Waals surface area (Å²) in [6.07, 6.45) is 0.709. The molecule has 0 unspecified atom stereocenters. The molecule has 1 aliphatic rings. The second-order valence-electron chi connectivity index (χ2n) is 7.94. The van der Waals surface area contributed by atoms with Gasteiger partial charge in [-0.05, 0) is 29.7 Å². The van der Waals surface area contributed by atoms with E-state index in [0.717, 1.165) is 28.1 Å². The van der Waals surface area contributed by atoms with Gasteiger partial charge in [0.05, 0.1) is 11.1 Å². The van der Waals surface area contributed by atoms with Crippen molar-refractivity contribution in [3.05, 3.63) is 97.5 Å². The van der Waals surface area contributed by atoms with Gasteiger partial charge < -0.3 is 5.73 Å². The van der Waals surface area contributed by atoms with Crippen molar-refractivity contribution in [3.63, 3.8) is 0 Å². The summed E-state index contributed by atoms with van der Waals surface area (Å²) in [6, 6.07) is 19.0. The number of benzene rings is 2. The minimum Gasteiger partial charge on any atom is -0.368 e. The fourth-order valence-electron chi connectivity index (χ4n) is 4.34. The van der Waals surface area contributed by atoms with Crippen molar-refractivity contribution in [1.29, 1.82) is 0 Å². The van der Waals surface area contributed by atoms with Crippen LogP contribution in [0.4, 0.5) is 0 Å². The molecule has 0 saturated carbocycles. The van der Waals surface area contributed by atoms with E-state index in [1.807, 2.05) is 24.3 Å². The van der Waals surface area contributed by atoms with Gasteiger partial charge in [-0.2, -0.15) is 0 Å². The summed E-state index contributed by atoms with van der Waals surface area (Å²) in [5, 5.41) is 0.522. The highest BCUT2D eigenvalue weighted by Crippen LogP contribution is 2.33. The lowest BCUT2D eigenvalue weighted by atomic mass is 10.0. The number of carbonyl (C=O) groups excluding carboxylic acids is 1. The molecule has 0 atom stereocenters. The van der Waals surface area contributed by atoms with Crippen LogP contribution in [-0.2, 0) is 30.8 Å². The molecule has 7 nitrogen and oxygen atoms in total. The lowest BCUT2D eigenvalue weighted by molar-refractivity contribution is -0.118.